The Balaban J connectivity index is 2.41. The Hall–Kier alpha value is -1.95. The molecule has 2 rings (SSSR count). The number of aromatic carboxylic acids is 1. The first-order valence-corrected chi connectivity index (χ1v) is 5.77. The largest absolute Gasteiger partial charge is 0.478 e. The monoisotopic (exact) mass is 310 g/mol. The summed E-state index contributed by atoms with van der Waals surface area (Å²) in [6, 6.07) is 7.38. The van der Waals surface area contributed by atoms with Gasteiger partial charge in [-0.05, 0) is 34.1 Å². The molecular formula is C12H8BrFN2O2. The molecule has 0 fully saturated rings. The molecular weight excluding hydrogens is 303 g/mol. The van der Waals surface area contributed by atoms with E-state index in [1.54, 1.807) is 12.1 Å². The average molecular weight is 311 g/mol. The third-order valence-electron chi connectivity index (χ3n) is 2.21. The number of carboxylic acids is 1. The van der Waals surface area contributed by atoms with Crippen molar-refractivity contribution in [3.05, 3.63) is 52.4 Å². The van der Waals surface area contributed by atoms with E-state index >= 15 is 0 Å². The number of nitrogens with zero attached hydrogens (tertiary/aromatic N) is 1. The fourth-order valence-electron chi connectivity index (χ4n) is 1.39. The lowest BCUT2D eigenvalue weighted by atomic mass is 10.2. The second-order valence-corrected chi connectivity index (χ2v) is 4.38. The van der Waals surface area contributed by atoms with Crippen molar-refractivity contribution in [2.75, 3.05) is 5.32 Å². The Morgan fingerprint density at radius 1 is 1.39 bits per heavy atom. The van der Waals surface area contributed by atoms with E-state index in [2.05, 4.69) is 26.2 Å². The molecule has 0 atom stereocenters. The Morgan fingerprint density at radius 2 is 2.11 bits per heavy atom. The molecule has 6 heteroatoms. The van der Waals surface area contributed by atoms with Crippen molar-refractivity contribution in [2.24, 2.45) is 0 Å². The summed E-state index contributed by atoms with van der Waals surface area (Å²) >= 11 is 3.14. The maximum atomic E-state index is 13.4. The van der Waals surface area contributed by atoms with E-state index in [9.17, 15) is 9.18 Å². The zero-order chi connectivity index (χ0) is 13.1. The van der Waals surface area contributed by atoms with Crippen LogP contribution >= 0.6 is 15.9 Å². The minimum atomic E-state index is -1.14. The van der Waals surface area contributed by atoms with E-state index in [1.807, 2.05) is 0 Å². The highest BCUT2D eigenvalue weighted by molar-refractivity contribution is 9.10. The van der Waals surface area contributed by atoms with Crippen LogP contribution in [-0.4, -0.2) is 16.1 Å². The average Bonchev–Trinajstić information content (AvgIpc) is 2.34. The molecule has 0 saturated carbocycles. The number of carboxylic acid groups (broad SMARTS) is 1. The Kier molecular flexibility index (Phi) is 3.57. The van der Waals surface area contributed by atoms with Gasteiger partial charge < -0.3 is 10.4 Å². The number of carbonyl (C=O) groups is 1. The van der Waals surface area contributed by atoms with Crippen molar-refractivity contribution < 1.29 is 14.3 Å². The van der Waals surface area contributed by atoms with Gasteiger partial charge in [0.1, 0.15) is 17.2 Å². The van der Waals surface area contributed by atoms with Crippen molar-refractivity contribution in [3.63, 3.8) is 0 Å². The molecule has 4 nitrogen and oxygen atoms in total. The normalized spacial score (nSPS) is 10.1. The van der Waals surface area contributed by atoms with Crippen LogP contribution in [0, 0.1) is 5.82 Å². The Bertz CT molecular complexity index is 604. The molecule has 18 heavy (non-hydrogen) atoms. The van der Waals surface area contributed by atoms with Crippen molar-refractivity contribution in [3.8, 4) is 0 Å². The molecule has 0 aliphatic heterocycles. The van der Waals surface area contributed by atoms with Gasteiger partial charge in [-0.15, -0.1) is 0 Å². The second-order valence-electron chi connectivity index (χ2n) is 3.46. The molecule has 2 aromatic rings. The van der Waals surface area contributed by atoms with Crippen molar-refractivity contribution >= 4 is 33.4 Å². The molecule has 0 saturated heterocycles. The summed E-state index contributed by atoms with van der Waals surface area (Å²) in [5.74, 6) is -1.52. The van der Waals surface area contributed by atoms with E-state index in [1.165, 1.54) is 24.4 Å². The molecule has 92 valence electrons. The molecule has 0 aliphatic carbocycles. The summed E-state index contributed by atoms with van der Waals surface area (Å²) in [5.41, 5.74) is 0.141. The molecule has 0 unspecified atom stereocenters. The number of rotatable bonds is 3. The number of halogens is 2. The number of pyridine rings is 1. The molecule has 2 N–H and O–H groups in total. The van der Waals surface area contributed by atoms with Crippen LogP contribution in [-0.2, 0) is 0 Å². The quantitative estimate of drug-likeness (QED) is 0.911. The van der Waals surface area contributed by atoms with E-state index in [0.717, 1.165) is 0 Å². The number of anilines is 2. The predicted molar refractivity (Wildman–Crippen MR) is 68.6 cm³/mol. The van der Waals surface area contributed by atoms with E-state index in [4.69, 9.17) is 5.11 Å². The fraction of sp³-hybridized carbons (Fsp3) is 0. The van der Waals surface area contributed by atoms with Gasteiger partial charge >= 0.3 is 5.97 Å². The zero-order valence-corrected chi connectivity index (χ0v) is 10.6. The number of para-hydroxylation sites is 1. The van der Waals surface area contributed by atoms with Crippen LogP contribution in [0.15, 0.2) is 41.0 Å². The minimum Gasteiger partial charge on any atom is -0.478 e. The van der Waals surface area contributed by atoms with Gasteiger partial charge in [0.25, 0.3) is 0 Å². The van der Waals surface area contributed by atoms with Gasteiger partial charge in [0.15, 0.2) is 0 Å². The topological polar surface area (TPSA) is 62.2 Å². The summed E-state index contributed by atoms with van der Waals surface area (Å²) in [6.07, 6.45) is 1.44. The zero-order valence-electron chi connectivity index (χ0n) is 9.02. The van der Waals surface area contributed by atoms with Crippen LogP contribution in [0.2, 0.25) is 0 Å². The molecule has 0 radical (unpaired) electrons. The molecule has 1 aromatic carbocycles. The van der Waals surface area contributed by atoms with Gasteiger partial charge in [0.05, 0.1) is 5.69 Å². The molecule has 0 spiro atoms. The first-order valence-electron chi connectivity index (χ1n) is 4.98. The highest BCUT2D eigenvalue weighted by Crippen LogP contribution is 2.23. The summed E-state index contributed by atoms with van der Waals surface area (Å²) in [5, 5.41) is 11.7. The SMILES string of the molecule is O=C(O)c1cc(Br)cnc1Nc1ccccc1F. The van der Waals surface area contributed by atoms with Crippen LogP contribution in [0.4, 0.5) is 15.9 Å². The summed E-state index contributed by atoms with van der Waals surface area (Å²) in [6.45, 7) is 0. The van der Waals surface area contributed by atoms with Gasteiger partial charge in [-0.25, -0.2) is 14.2 Å². The lowest BCUT2D eigenvalue weighted by Crippen LogP contribution is -2.05. The number of hydrogen-bond acceptors (Lipinski definition) is 3. The van der Waals surface area contributed by atoms with Crippen molar-refractivity contribution in [2.45, 2.75) is 0 Å². The Labute approximate surface area is 111 Å². The van der Waals surface area contributed by atoms with Crippen LogP contribution in [0.3, 0.4) is 0 Å². The maximum absolute atomic E-state index is 13.4. The van der Waals surface area contributed by atoms with E-state index in [-0.39, 0.29) is 17.1 Å². The third kappa shape index (κ3) is 2.65. The fourth-order valence-corrected chi connectivity index (χ4v) is 1.72. The Morgan fingerprint density at radius 3 is 2.78 bits per heavy atom. The highest BCUT2D eigenvalue weighted by Gasteiger charge is 2.13. The van der Waals surface area contributed by atoms with Gasteiger partial charge in [-0.1, -0.05) is 12.1 Å². The maximum Gasteiger partial charge on any atom is 0.339 e. The van der Waals surface area contributed by atoms with Crippen LogP contribution in [0.5, 0.6) is 0 Å². The first-order chi connectivity index (χ1) is 8.58. The van der Waals surface area contributed by atoms with Gasteiger partial charge in [-0.2, -0.15) is 0 Å². The summed E-state index contributed by atoms with van der Waals surface area (Å²) in [4.78, 5) is 15.0. The smallest absolute Gasteiger partial charge is 0.339 e. The number of hydrogen-bond donors (Lipinski definition) is 2. The number of nitrogens with one attached hydrogen (secondary N) is 1. The lowest BCUT2D eigenvalue weighted by Gasteiger charge is -2.09. The second kappa shape index (κ2) is 5.14. The number of aromatic nitrogens is 1. The van der Waals surface area contributed by atoms with E-state index in [0.29, 0.717) is 4.47 Å². The third-order valence-corrected chi connectivity index (χ3v) is 2.65. The molecule has 0 aliphatic rings. The number of benzene rings is 1. The minimum absolute atomic E-state index is 0.0346. The van der Waals surface area contributed by atoms with Gasteiger partial charge in [-0.3, -0.25) is 0 Å². The lowest BCUT2D eigenvalue weighted by molar-refractivity contribution is 0.0697. The molecule has 1 aromatic heterocycles. The van der Waals surface area contributed by atoms with Crippen molar-refractivity contribution in [1.82, 2.24) is 4.98 Å². The van der Waals surface area contributed by atoms with Crippen LogP contribution in [0.1, 0.15) is 10.4 Å². The summed E-state index contributed by atoms with van der Waals surface area (Å²) < 4.78 is 14.0. The predicted octanol–water partition coefficient (Wildman–Crippen LogP) is 3.43. The first kappa shape index (κ1) is 12.5. The molecule has 0 amide bonds. The molecule has 1 heterocycles. The standard InChI is InChI=1S/C12H8BrFN2O2/c13-7-5-8(12(17)18)11(15-6-7)16-10-4-2-1-3-9(10)14/h1-6H,(H,15,16)(H,17,18). The van der Waals surface area contributed by atoms with E-state index < -0.39 is 11.8 Å². The van der Waals surface area contributed by atoms with Gasteiger partial charge in [0, 0.05) is 10.7 Å². The van der Waals surface area contributed by atoms with Crippen molar-refractivity contribution in [1.29, 1.82) is 0 Å². The summed E-state index contributed by atoms with van der Waals surface area (Å²) in [7, 11) is 0. The van der Waals surface area contributed by atoms with Crippen LogP contribution < -0.4 is 5.32 Å². The van der Waals surface area contributed by atoms with Gasteiger partial charge in [0.2, 0.25) is 0 Å². The van der Waals surface area contributed by atoms with Crippen LogP contribution in [0.25, 0.3) is 0 Å². The molecule has 0 bridgehead atoms. The highest BCUT2D eigenvalue weighted by atomic mass is 79.9.